The Morgan fingerprint density at radius 1 is 1.16 bits per heavy atom. The second kappa shape index (κ2) is 5.82. The molecule has 0 saturated carbocycles. The summed E-state index contributed by atoms with van der Waals surface area (Å²) in [6.07, 6.45) is 5.57. The Balaban J connectivity index is 1.45. The maximum Gasteiger partial charge on any atom is 0.0406 e. The highest BCUT2D eigenvalue weighted by molar-refractivity contribution is 6.30. The molecule has 2 atom stereocenters. The van der Waals surface area contributed by atoms with Crippen molar-refractivity contribution in [2.24, 2.45) is 5.92 Å². The van der Waals surface area contributed by atoms with E-state index >= 15 is 0 Å². The van der Waals surface area contributed by atoms with Crippen LogP contribution in [0, 0.1) is 5.92 Å². The van der Waals surface area contributed by atoms with Crippen LogP contribution in [-0.4, -0.2) is 30.6 Å². The highest BCUT2D eigenvalue weighted by Crippen LogP contribution is 2.36. The molecular formula is C16H23ClN2. The van der Waals surface area contributed by atoms with Crippen LogP contribution in [0.25, 0.3) is 0 Å². The second-order valence-corrected chi connectivity index (χ2v) is 6.58. The molecule has 1 aromatic carbocycles. The summed E-state index contributed by atoms with van der Waals surface area (Å²) >= 11 is 5.90. The lowest BCUT2D eigenvalue weighted by molar-refractivity contribution is 0.133. The van der Waals surface area contributed by atoms with Gasteiger partial charge in [0.2, 0.25) is 0 Å². The fourth-order valence-corrected chi connectivity index (χ4v) is 3.84. The molecule has 2 unspecified atom stereocenters. The van der Waals surface area contributed by atoms with Gasteiger partial charge < -0.3 is 10.2 Å². The smallest absolute Gasteiger partial charge is 0.0406 e. The summed E-state index contributed by atoms with van der Waals surface area (Å²) in [6, 6.07) is 9.84. The van der Waals surface area contributed by atoms with Crippen LogP contribution in [0.15, 0.2) is 24.3 Å². The predicted octanol–water partition coefficient (Wildman–Crippen LogP) is 3.30. The highest BCUT2D eigenvalue weighted by Gasteiger charge is 2.37. The summed E-state index contributed by atoms with van der Waals surface area (Å²) in [4.78, 5) is 2.61. The van der Waals surface area contributed by atoms with Crippen LogP contribution in [0.1, 0.15) is 31.2 Å². The lowest BCUT2D eigenvalue weighted by atomic mass is 9.91. The molecule has 2 aliphatic rings. The number of piperidine rings is 1. The Morgan fingerprint density at radius 3 is 2.42 bits per heavy atom. The third kappa shape index (κ3) is 3.13. The number of nitrogens with zero attached hydrogens (tertiary/aromatic N) is 1. The first kappa shape index (κ1) is 13.4. The van der Waals surface area contributed by atoms with Gasteiger partial charge in [-0.3, -0.25) is 0 Å². The van der Waals surface area contributed by atoms with Crippen molar-refractivity contribution < 1.29 is 0 Å². The SMILES string of the molecule is CN1C2CCC1CC(CNCc1ccc(Cl)cc1)C2. The average molecular weight is 279 g/mol. The third-order valence-corrected chi connectivity index (χ3v) is 5.12. The summed E-state index contributed by atoms with van der Waals surface area (Å²) in [5, 5.41) is 4.43. The average Bonchev–Trinajstić information content (AvgIpc) is 2.64. The van der Waals surface area contributed by atoms with Crippen LogP contribution < -0.4 is 5.32 Å². The molecule has 0 radical (unpaired) electrons. The van der Waals surface area contributed by atoms with Gasteiger partial charge in [0.25, 0.3) is 0 Å². The number of hydrogen-bond acceptors (Lipinski definition) is 2. The first-order valence-electron chi connectivity index (χ1n) is 7.39. The Bertz CT molecular complexity index is 403. The maximum atomic E-state index is 5.90. The number of benzene rings is 1. The van der Waals surface area contributed by atoms with Crippen LogP contribution in [0.3, 0.4) is 0 Å². The summed E-state index contributed by atoms with van der Waals surface area (Å²) in [5.41, 5.74) is 1.32. The van der Waals surface area contributed by atoms with Crippen LogP contribution in [0.4, 0.5) is 0 Å². The minimum absolute atomic E-state index is 0.815. The minimum atomic E-state index is 0.815. The van der Waals surface area contributed by atoms with E-state index in [0.29, 0.717) is 0 Å². The van der Waals surface area contributed by atoms with Gasteiger partial charge in [-0.2, -0.15) is 0 Å². The van der Waals surface area contributed by atoms with E-state index in [0.717, 1.165) is 36.1 Å². The van der Waals surface area contributed by atoms with Gasteiger partial charge in [0.15, 0.2) is 0 Å². The molecule has 2 saturated heterocycles. The third-order valence-electron chi connectivity index (χ3n) is 4.87. The number of halogens is 1. The number of nitrogens with one attached hydrogen (secondary N) is 1. The van der Waals surface area contributed by atoms with Crippen molar-refractivity contribution in [3.8, 4) is 0 Å². The molecule has 3 rings (SSSR count). The van der Waals surface area contributed by atoms with Crippen LogP contribution >= 0.6 is 11.6 Å². The van der Waals surface area contributed by atoms with E-state index in [-0.39, 0.29) is 0 Å². The van der Waals surface area contributed by atoms with Crippen molar-refractivity contribution >= 4 is 11.6 Å². The largest absolute Gasteiger partial charge is 0.312 e. The molecule has 1 aromatic rings. The quantitative estimate of drug-likeness (QED) is 0.909. The summed E-state index contributed by atoms with van der Waals surface area (Å²) in [6.45, 7) is 2.11. The number of hydrogen-bond donors (Lipinski definition) is 1. The van der Waals surface area contributed by atoms with Crippen LogP contribution in [-0.2, 0) is 6.54 Å². The van der Waals surface area contributed by atoms with E-state index in [1.807, 2.05) is 12.1 Å². The molecule has 2 aliphatic heterocycles. The summed E-state index contributed by atoms with van der Waals surface area (Å²) in [7, 11) is 2.31. The van der Waals surface area contributed by atoms with E-state index in [1.54, 1.807) is 0 Å². The molecule has 3 heteroatoms. The molecule has 19 heavy (non-hydrogen) atoms. The van der Waals surface area contributed by atoms with Crippen molar-refractivity contribution in [2.45, 2.75) is 44.3 Å². The van der Waals surface area contributed by atoms with E-state index in [9.17, 15) is 0 Å². The lowest BCUT2D eigenvalue weighted by Gasteiger charge is -2.36. The van der Waals surface area contributed by atoms with Gasteiger partial charge in [-0.15, -0.1) is 0 Å². The Kier molecular flexibility index (Phi) is 4.11. The van der Waals surface area contributed by atoms with Crippen molar-refractivity contribution in [2.75, 3.05) is 13.6 Å². The zero-order valence-corrected chi connectivity index (χ0v) is 12.4. The topological polar surface area (TPSA) is 15.3 Å². The first-order valence-corrected chi connectivity index (χ1v) is 7.77. The zero-order valence-electron chi connectivity index (χ0n) is 11.6. The van der Waals surface area contributed by atoms with E-state index < -0.39 is 0 Å². The van der Waals surface area contributed by atoms with Crippen molar-refractivity contribution in [1.82, 2.24) is 10.2 Å². The molecule has 0 aromatic heterocycles. The van der Waals surface area contributed by atoms with Crippen molar-refractivity contribution in [1.29, 1.82) is 0 Å². The molecule has 104 valence electrons. The highest BCUT2D eigenvalue weighted by atomic mass is 35.5. The Hall–Kier alpha value is -0.570. The summed E-state index contributed by atoms with van der Waals surface area (Å²) < 4.78 is 0. The van der Waals surface area contributed by atoms with E-state index in [2.05, 4.69) is 29.4 Å². The van der Waals surface area contributed by atoms with E-state index in [4.69, 9.17) is 11.6 Å². The molecule has 2 fully saturated rings. The minimum Gasteiger partial charge on any atom is -0.312 e. The van der Waals surface area contributed by atoms with Gasteiger partial charge >= 0.3 is 0 Å². The first-order chi connectivity index (χ1) is 9.22. The summed E-state index contributed by atoms with van der Waals surface area (Å²) in [5.74, 6) is 0.862. The predicted molar refractivity (Wildman–Crippen MR) is 80.5 cm³/mol. The molecule has 2 bridgehead atoms. The Morgan fingerprint density at radius 2 is 1.79 bits per heavy atom. The Labute approximate surface area is 121 Å². The standard InChI is InChI=1S/C16H23ClN2/c1-19-15-6-7-16(19)9-13(8-15)11-18-10-12-2-4-14(17)5-3-12/h2-5,13,15-16,18H,6-11H2,1H3. The number of rotatable bonds is 4. The fraction of sp³-hybridized carbons (Fsp3) is 0.625. The van der Waals surface area contributed by atoms with Crippen LogP contribution in [0.2, 0.25) is 5.02 Å². The van der Waals surface area contributed by atoms with Gasteiger partial charge in [0.1, 0.15) is 0 Å². The molecule has 2 heterocycles. The number of fused-ring (bicyclic) bond motifs is 2. The lowest BCUT2D eigenvalue weighted by Crippen LogP contribution is -2.42. The fourth-order valence-electron chi connectivity index (χ4n) is 3.71. The monoisotopic (exact) mass is 278 g/mol. The van der Waals surface area contributed by atoms with Gasteiger partial charge in [0.05, 0.1) is 0 Å². The molecule has 0 aliphatic carbocycles. The maximum absolute atomic E-state index is 5.90. The normalized spacial score (nSPS) is 30.7. The molecule has 1 N–H and O–H groups in total. The molecular weight excluding hydrogens is 256 g/mol. The van der Waals surface area contributed by atoms with Gasteiger partial charge in [-0.25, -0.2) is 0 Å². The zero-order chi connectivity index (χ0) is 13.2. The van der Waals surface area contributed by atoms with Crippen molar-refractivity contribution in [3.63, 3.8) is 0 Å². The molecule has 0 spiro atoms. The molecule has 2 nitrogen and oxygen atoms in total. The van der Waals surface area contributed by atoms with Gasteiger partial charge in [-0.05, 0) is 62.9 Å². The van der Waals surface area contributed by atoms with Crippen molar-refractivity contribution in [3.05, 3.63) is 34.9 Å². The molecule has 0 amide bonds. The van der Waals surface area contributed by atoms with Crippen LogP contribution in [0.5, 0.6) is 0 Å². The van der Waals surface area contributed by atoms with E-state index in [1.165, 1.54) is 31.2 Å². The van der Waals surface area contributed by atoms with Gasteiger partial charge in [-0.1, -0.05) is 23.7 Å². The second-order valence-electron chi connectivity index (χ2n) is 6.15. The van der Waals surface area contributed by atoms with Gasteiger partial charge in [0, 0.05) is 23.7 Å².